The lowest BCUT2D eigenvalue weighted by molar-refractivity contribution is -0.127. The zero-order valence-corrected chi connectivity index (χ0v) is 15.2. The molecular weight excluding hydrogens is 376 g/mol. The average molecular weight is 398 g/mol. The highest BCUT2D eigenvalue weighted by atomic mass is 35.5. The second kappa shape index (κ2) is 8.88. The fourth-order valence-electron chi connectivity index (χ4n) is 2.59. The van der Waals surface area contributed by atoms with Crippen molar-refractivity contribution in [1.29, 1.82) is 0 Å². The van der Waals surface area contributed by atoms with E-state index in [0.29, 0.717) is 19.3 Å². The first kappa shape index (κ1) is 21.8. The number of sulfonamides is 1. The first-order chi connectivity index (χ1) is 11.3. The molecule has 1 saturated heterocycles. The van der Waals surface area contributed by atoms with E-state index in [1.807, 2.05) is 0 Å². The lowest BCUT2D eigenvalue weighted by atomic mass is 10.0. The molecule has 2 rings (SSSR count). The van der Waals surface area contributed by atoms with Crippen molar-refractivity contribution in [2.24, 2.45) is 5.73 Å². The van der Waals surface area contributed by atoms with Crippen LogP contribution in [0.5, 0.6) is 0 Å². The van der Waals surface area contributed by atoms with E-state index in [-0.39, 0.29) is 23.8 Å². The maximum atomic E-state index is 13.2. The minimum absolute atomic E-state index is 0. The maximum absolute atomic E-state index is 13.2. The third kappa shape index (κ3) is 5.34. The van der Waals surface area contributed by atoms with Crippen molar-refractivity contribution in [3.05, 3.63) is 30.3 Å². The van der Waals surface area contributed by atoms with Crippen LogP contribution in [0.25, 0.3) is 0 Å². The minimum Gasteiger partial charge on any atom is -0.349 e. The van der Waals surface area contributed by atoms with Gasteiger partial charge in [-0.15, -0.1) is 12.4 Å². The molecule has 25 heavy (non-hydrogen) atoms. The summed E-state index contributed by atoms with van der Waals surface area (Å²) in [7, 11) is -3.86. The van der Waals surface area contributed by atoms with Crippen LogP contribution >= 0.6 is 12.4 Å². The summed E-state index contributed by atoms with van der Waals surface area (Å²) in [5.74, 6) is -3.93. The van der Waals surface area contributed by atoms with Crippen molar-refractivity contribution >= 4 is 28.3 Å². The summed E-state index contributed by atoms with van der Waals surface area (Å²) in [5.41, 5.74) is 4.94. The van der Waals surface area contributed by atoms with Gasteiger partial charge in [0.1, 0.15) is 6.04 Å². The predicted octanol–water partition coefficient (Wildman–Crippen LogP) is 1.36. The molecule has 1 unspecified atom stereocenters. The van der Waals surface area contributed by atoms with Crippen LogP contribution in [0.4, 0.5) is 8.78 Å². The van der Waals surface area contributed by atoms with E-state index in [1.54, 1.807) is 18.2 Å². The third-order valence-electron chi connectivity index (χ3n) is 3.93. The monoisotopic (exact) mass is 397 g/mol. The predicted molar refractivity (Wildman–Crippen MR) is 92.2 cm³/mol. The number of hydrogen-bond donors (Lipinski definition) is 2. The van der Waals surface area contributed by atoms with Gasteiger partial charge in [-0.25, -0.2) is 17.2 Å². The molecule has 1 amide bonds. The van der Waals surface area contributed by atoms with Gasteiger partial charge in [0.05, 0.1) is 18.0 Å². The Morgan fingerprint density at radius 2 is 1.92 bits per heavy atom. The molecule has 0 spiro atoms. The first-order valence-corrected chi connectivity index (χ1v) is 9.14. The lowest BCUT2D eigenvalue weighted by Gasteiger charge is -2.33. The SMILES string of the molecule is Cl.NCC(F)(F)CNC(=O)C1CCCCN1S(=O)(=O)c1ccccc1. The Morgan fingerprint density at radius 1 is 1.28 bits per heavy atom. The summed E-state index contributed by atoms with van der Waals surface area (Å²) < 4.78 is 53.0. The topological polar surface area (TPSA) is 92.5 Å². The van der Waals surface area contributed by atoms with Crippen molar-refractivity contribution in [2.75, 3.05) is 19.6 Å². The molecule has 0 aliphatic carbocycles. The fraction of sp³-hybridized carbons (Fsp3) is 0.533. The summed E-state index contributed by atoms with van der Waals surface area (Å²) in [6.07, 6.45) is 1.58. The largest absolute Gasteiger partial charge is 0.349 e. The molecule has 1 aliphatic rings. The molecule has 10 heteroatoms. The van der Waals surface area contributed by atoms with Gasteiger partial charge in [-0.3, -0.25) is 4.79 Å². The summed E-state index contributed by atoms with van der Waals surface area (Å²) in [6, 6.07) is 6.77. The number of hydrogen-bond acceptors (Lipinski definition) is 4. The second-order valence-corrected chi connectivity index (χ2v) is 7.61. The average Bonchev–Trinajstić information content (AvgIpc) is 2.60. The highest BCUT2D eigenvalue weighted by Crippen LogP contribution is 2.25. The number of amides is 1. The summed E-state index contributed by atoms with van der Waals surface area (Å²) in [6.45, 7) is -1.61. The number of nitrogens with one attached hydrogen (secondary N) is 1. The molecule has 3 N–H and O–H groups in total. The van der Waals surface area contributed by atoms with E-state index in [2.05, 4.69) is 5.32 Å². The molecular formula is C15H22ClF2N3O3S. The van der Waals surface area contributed by atoms with Gasteiger partial charge in [0, 0.05) is 6.54 Å². The second-order valence-electron chi connectivity index (χ2n) is 5.72. The summed E-state index contributed by atoms with van der Waals surface area (Å²) >= 11 is 0. The normalized spacial score (nSPS) is 19.1. The van der Waals surface area contributed by atoms with Gasteiger partial charge in [0.25, 0.3) is 5.92 Å². The molecule has 142 valence electrons. The Kier molecular flexibility index (Phi) is 7.73. The minimum atomic E-state index is -3.86. The molecule has 1 heterocycles. The van der Waals surface area contributed by atoms with Crippen molar-refractivity contribution in [1.82, 2.24) is 9.62 Å². The van der Waals surface area contributed by atoms with Gasteiger partial charge in [0.15, 0.2) is 0 Å². The number of nitrogens with zero attached hydrogens (tertiary/aromatic N) is 1. The zero-order valence-electron chi connectivity index (χ0n) is 13.5. The Labute approximate surface area is 152 Å². The van der Waals surface area contributed by atoms with Crippen LogP contribution in [0.2, 0.25) is 0 Å². The number of alkyl halides is 2. The smallest absolute Gasteiger partial charge is 0.277 e. The van der Waals surface area contributed by atoms with E-state index >= 15 is 0 Å². The van der Waals surface area contributed by atoms with E-state index in [0.717, 1.165) is 4.31 Å². The van der Waals surface area contributed by atoms with Gasteiger partial charge < -0.3 is 11.1 Å². The van der Waals surface area contributed by atoms with Gasteiger partial charge in [0.2, 0.25) is 15.9 Å². The Morgan fingerprint density at radius 3 is 2.52 bits per heavy atom. The number of nitrogens with two attached hydrogens (primary N) is 1. The van der Waals surface area contributed by atoms with Crippen LogP contribution in [0.3, 0.4) is 0 Å². The molecule has 1 aromatic carbocycles. The number of rotatable bonds is 6. The Hall–Kier alpha value is -1.29. The molecule has 0 radical (unpaired) electrons. The molecule has 1 fully saturated rings. The van der Waals surface area contributed by atoms with Gasteiger partial charge in [-0.05, 0) is 25.0 Å². The van der Waals surface area contributed by atoms with Crippen molar-refractivity contribution in [2.45, 2.75) is 36.1 Å². The van der Waals surface area contributed by atoms with E-state index in [4.69, 9.17) is 5.73 Å². The summed E-state index contributed by atoms with van der Waals surface area (Å²) in [4.78, 5) is 12.3. The van der Waals surface area contributed by atoms with Crippen LogP contribution in [0.15, 0.2) is 35.2 Å². The number of halogens is 3. The molecule has 1 aromatic rings. The van der Waals surface area contributed by atoms with Crippen LogP contribution in [-0.4, -0.2) is 50.2 Å². The molecule has 0 aromatic heterocycles. The van der Waals surface area contributed by atoms with Gasteiger partial charge >= 0.3 is 0 Å². The quantitative estimate of drug-likeness (QED) is 0.758. The van der Waals surface area contributed by atoms with E-state index < -0.39 is 41.0 Å². The zero-order chi connectivity index (χ0) is 17.8. The molecule has 0 saturated carbocycles. The van der Waals surface area contributed by atoms with E-state index in [9.17, 15) is 22.0 Å². The number of carbonyl (C=O) groups is 1. The van der Waals surface area contributed by atoms with Gasteiger partial charge in [-0.2, -0.15) is 4.31 Å². The van der Waals surface area contributed by atoms with Crippen molar-refractivity contribution < 1.29 is 22.0 Å². The molecule has 0 bridgehead atoms. The number of piperidine rings is 1. The van der Waals surface area contributed by atoms with Crippen molar-refractivity contribution in [3.63, 3.8) is 0 Å². The third-order valence-corrected chi connectivity index (χ3v) is 5.85. The van der Waals surface area contributed by atoms with Crippen molar-refractivity contribution in [3.8, 4) is 0 Å². The van der Waals surface area contributed by atoms with Crippen LogP contribution in [0, 0.1) is 0 Å². The number of benzene rings is 1. The standard InChI is InChI=1S/C15H21F2N3O3S.ClH/c16-15(17,10-18)11-19-14(21)13-8-4-5-9-20(13)24(22,23)12-6-2-1-3-7-12;/h1-3,6-7,13H,4-5,8-11,18H2,(H,19,21);1H. The Bertz CT molecular complexity index is 674. The van der Waals surface area contributed by atoms with Crippen LogP contribution < -0.4 is 11.1 Å². The number of carbonyl (C=O) groups excluding carboxylic acids is 1. The van der Waals surface area contributed by atoms with Gasteiger partial charge in [-0.1, -0.05) is 24.6 Å². The lowest BCUT2D eigenvalue weighted by Crippen LogP contribution is -2.53. The molecule has 1 atom stereocenters. The summed E-state index contributed by atoms with van der Waals surface area (Å²) in [5, 5.41) is 2.12. The van der Waals surface area contributed by atoms with Crippen LogP contribution in [0.1, 0.15) is 19.3 Å². The Balaban J connectivity index is 0.00000312. The van der Waals surface area contributed by atoms with Crippen LogP contribution in [-0.2, 0) is 14.8 Å². The fourth-order valence-corrected chi connectivity index (χ4v) is 4.27. The molecule has 6 nitrogen and oxygen atoms in total. The molecule has 1 aliphatic heterocycles. The highest BCUT2D eigenvalue weighted by molar-refractivity contribution is 7.89. The highest BCUT2D eigenvalue weighted by Gasteiger charge is 2.38. The van der Waals surface area contributed by atoms with E-state index in [1.165, 1.54) is 12.1 Å². The maximum Gasteiger partial charge on any atom is 0.277 e. The first-order valence-electron chi connectivity index (χ1n) is 7.70.